The number of rotatable bonds is 5. The summed E-state index contributed by atoms with van der Waals surface area (Å²) in [5, 5.41) is 17.3. The van der Waals surface area contributed by atoms with Crippen LogP contribution in [0.25, 0.3) is 0 Å². The minimum absolute atomic E-state index is 0.0439. The zero-order valence-electron chi connectivity index (χ0n) is 15.6. The molecule has 7 heteroatoms. The van der Waals surface area contributed by atoms with Gasteiger partial charge in [0.15, 0.2) is 0 Å². The number of hydrogen-bond acceptors (Lipinski definition) is 5. The standard InChI is InChI=1S/C11H18O3.C8H12O4/c1-3-14-11(13)10-6-4-5-9(7-10)8(2)12;9-7(10)5-2-1-3-6(4-5)8(11)12/h9-10H,3-7H2,1-2H3;5-6H,1-4H2,(H,9,10)(H,11,12). The molecule has 2 fully saturated rings. The zero-order chi connectivity index (χ0) is 19.7. The lowest BCUT2D eigenvalue weighted by Crippen LogP contribution is -2.27. The second-order valence-electron chi connectivity index (χ2n) is 7.16. The van der Waals surface area contributed by atoms with Gasteiger partial charge in [0.1, 0.15) is 5.78 Å². The minimum Gasteiger partial charge on any atom is -0.481 e. The van der Waals surface area contributed by atoms with E-state index in [2.05, 4.69) is 0 Å². The van der Waals surface area contributed by atoms with Crippen LogP contribution in [0.15, 0.2) is 0 Å². The predicted molar refractivity (Wildman–Crippen MR) is 93.5 cm³/mol. The molecule has 0 aromatic rings. The van der Waals surface area contributed by atoms with Gasteiger partial charge in [-0.1, -0.05) is 12.8 Å². The SMILES string of the molecule is CCOC(=O)C1CCCC(C(C)=O)C1.O=C(O)C1CCCC(C(=O)O)C1. The zero-order valence-corrected chi connectivity index (χ0v) is 15.6. The highest BCUT2D eigenvalue weighted by Crippen LogP contribution is 2.30. The number of carboxylic acid groups (broad SMARTS) is 2. The molecule has 26 heavy (non-hydrogen) atoms. The summed E-state index contributed by atoms with van der Waals surface area (Å²) in [6.45, 7) is 3.85. The van der Waals surface area contributed by atoms with Crippen LogP contribution in [0.2, 0.25) is 0 Å². The quantitative estimate of drug-likeness (QED) is 0.714. The topological polar surface area (TPSA) is 118 Å². The van der Waals surface area contributed by atoms with Crippen molar-refractivity contribution in [3.63, 3.8) is 0 Å². The third-order valence-corrected chi connectivity index (χ3v) is 5.24. The number of aliphatic carboxylic acids is 2. The molecule has 4 atom stereocenters. The van der Waals surface area contributed by atoms with Crippen molar-refractivity contribution in [2.45, 2.75) is 65.2 Å². The van der Waals surface area contributed by atoms with Crippen LogP contribution in [0.1, 0.15) is 65.2 Å². The number of carbonyl (C=O) groups is 4. The summed E-state index contributed by atoms with van der Waals surface area (Å²) in [7, 11) is 0. The number of ketones is 1. The number of Topliss-reactive ketones (excluding diaryl/α,β-unsaturated/α-hetero) is 1. The first-order valence-electron chi connectivity index (χ1n) is 9.38. The van der Waals surface area contributed by atoms with Crippen LogP contribution < -0.4 is 0 Å². The van der Waals surface area contributed by atoms with E-state index in [-0.39, 0.29) is 23.6 Å². The van der Waals surface area contributed by atoms with Gasteiger partial charge in [-0.25, -0.2) is 0 Å². The van der Waals surface area contributed by atoms with E-state index in [1.807, 2.05) is 6.92 Å². The highest BCUT2D eigenvalue weighted by molar-refractivity contribution is 5.80. The normalized spacial score (nSPS) is 28.2. The van der Waals surface area contributed by atoms with Crippen molar-refractivity contribution in [1.82, 2.24) is 0 Å². The first-order valence-corrected chi connectivity index (χ1v) is 9.38. The largest absolute Gasteiger partial charge is 0.481 e. The van der Waals surface area contributed by atoms with Gasteiger partial charge in [0.05, 0.1) is 24.4 Å². The maximum atomic E-state index is 11.4. The van der Waals surface area contributed by atoms with E-state index in [1.54, 1.807) is 6.92 Å². The number of carboxylic acids is 2. The molecule has 0 spiro atoms. The summed E-state index contributed by atoms with van der Waals surface area (Å²) in [4.78, 5) is 43.7. The molecule has 0 amide bonds. The molecule has 2 aliphatic rings. The molecule has 0 radical (unpaired) electrons. The molecule has 0 saturated heterocycles. The Kier molecular flexibility index (Phi) is 9.30. The van der Waals surface area contributed by atoms with Gasteiger partial charge in [0.2, 0.25) is 0 Å². The van der Waals surface area contributed by atoms with E-state index in [9.17, 15) is 19.2 Å². The molecule has 2 aliphatic carbocycles. The van der Waals surface area contributed by atoms with Crippen LogP contribution in [0.5, 0.6) is 0 Å². The smallest absolute Gasteiger partial charge is 0.308 e. The Balaban J connectivity index is 0.000000263. The Labute approximate surface area is 154 Å². The van der Waals surface area contributed by atoms with Crippen molar-refractivity contribution in [2.24, 2.45) is 23.7 Å². The molecule has 148 valence electrons. The molecule has 0 heterocycles. The lowest BCUT2D eigenvalue weighted by Gasteiger charge is -2.25. The Hall–Kier alpha value is -1.92. The Morgan fingerprint density at radius 2 is 1.23 bits per heavy atom. The van der Waals surface area contributed by atoms with Crippen molar-refractivity contribution in [3.05, 3.63) is 0 Å². The number of hydrogen-bond donors (Lipinski definition) is 2. The van der Waals surface area contributed by atoms with E-state index in [1.165, 1.54) is 0 Å². The molecule has 0 aromatic heterocycles. The van der Waals surface area contributed by atoms with Crippen LogP contribution in [-0.4, -0.2) is 40.5 Å². The predicted octanol–water partition coefficient (Wildman–Crippen LogP) is 2.91. The maximum absolute atomic E-state index is 11.4. The van der Waals surface area contributed by atoms with E-state index in [0.717, 1.165) is 19.3 Å². The number of ether oxygens (including phenoxy) is 1. The van der Waals surface area contributed by atoms with Crippen molar-refractivity contribution in [1.29, 1.82) is 0 Å². The van der Waals surface area contributed by atoms with Gasteiger partial charge < -0.3 is 14.9 Å². The number of carbonyl (C=O) groups excluding carboxylic acids is 2. The molecule has 0 bridgehead atoms. The molecule has 4 unspecified atom stereocenters. The van der Waals surface area contributed by atoms with Crippen LogP contribution in [0.3, 0.4) is 0 Å². The third kappa shape index (κ3) is 7.14. The van der Waals surface area contributed by atoms with Gasteiger partial charge in [-0.2, -0.15) is 0 Å². The van der Waals surface area contributed by atoms with Gasteiger partial charge in [0.25, 0.3) is 0 Å². The highest BCUT2D eigenvalue weighted by atomic mass is 16.5. The van der Waals surface area contributed by atoms with Gasteiger partial charge in [0, 0.05) is 5.92 Å². The Morgan fingerprint density at radius 1 is 0.808 bits per heavy atom. The summed E-state index contributed by atoms with van der Waals surface area (Å²) in [6.07, 6.45) is 5.73. The molecule has 0 aromatic carbocycles. The van der Waals surface area contributed by atoms with Crippen LogP contribution in [-0.2, 0) is 23.9 Å². The molecular weight excluding hydrogens is 340 g/mol. The summed E-state index contributed by atoms with van der Waals surface area (Å²) in [5.41, 5.74) is 0. The van der Waals surface area contributed by atoms with Gasteiger partial charge >= 0.3 is 17.9 Å². The minimum atomic E-state index is -0.860. The van der Waals surface area contributed by atoms with Crippen LogP contribution >= 0.6 is 0 Å². The molecular formula is C19H30O7. The van der Waals surface area contributed by atoms with Crippen molar-refractivity contribution >= 4 is 23.7 Å². The van der Waals surface area contributed by atoms with Crippen LogP contribution in [0, 0.1) is 23.7 Å². The van der Waals surface area contributed by atoms with E-state index < -0.39 is 23.8 Å². The monoisotopic (exact) mass is 370 g/mol. The second kappa shape index (κ2) is 10.9. The maximum Gasteiger partial charge on any atom is 0.308 e. The van der Waals surface area contributed by atoms with Crippen molar-refractivity contribution < 1.29 is 34.1 Å². The van der Waals surface area contributed by atoms with Gasteiger partial charge in [-0.3, -0.25) is 19.2 Å². The molecule has 7 nitrogen and oxygen atoms in total. The summed E-state index contributed by atoms with van der Waals surface area (Å²) < 4.78 is 4.96. The van der Waals surface area contributed by atoms with E-state index >= 15 is 0 Å². The lowest BCUT2D eigenvalue weighted by atomic mass is 9.80. The third-order valence-electron chi connectivity index (χ3n) is 5.24. The Bertz CT molecular complexity index is 494. The summed E-state index contributed by atoms with van der Waals surface area (Å²) in [6, 6.07) is 0. The summed E-state index contributed by atoms with van der Waals surface area (Å²) in [5.74, 6) is -2.49. The molecule has 2 saturated carbocycles. The Morgan fingerprint density at radius 3 is 1.65 bits per heavy atom. The second-order valence-corrected chi connectivity index (χ2v) is 7.16. The fraction of sp³-hybridized carbons (Fsp3) is 0.789. The molecule has 2 rings (SSSR count). The highest BCUT2D eigenvalue weighted by Gasteiger charge is 2.31. The number of esters is 1. The fourth-order valence-electron chi connectivity index (χ4n) is 3.67. The van der Waals surface area contributed by atoms with E-state index in [4.69, 9.17) is 14.9 Å². The van der Waals surface area contributed by atoms with Gasteiger partial charge in [-0.05, 0) is 52.4 Å². The first-order chi connectivity index (χ1) is 12.3. The van der Waals surface area contributed by atoms with Crippen molar-refractivity contribution in [3.8, 4) is 0 Å². The average molecular weight is 370 g/mol. The van der Waals surface area contributed by atoms with Gasteiger partial charge in [-0.15, -0.1) is 0 Å². The molecule has 2 N–H and O–H groups in total. The average Bonchev–Trinajstić information content (AvgIpc) is 2.62. The lowest BCUT2D eigenvalue weighted by molar-refractivity contribution is -0.150. The van der Waals surface area contributed by atoms with Crippen molar-refractivity contribution in [2.75, 3.05) is 6.61 Å². The fourth-order valence-corrected chi connectivity index (χ4v) is 3.67. The summed E-state index contributed by atoms with van der Waals surface area (Å²) >= 11 is 0. The first kappa shape index (κ1) is 22.1. The van der Waals surface area contributed by atoms with Crippen LogP contribution in [0.4, 0.5) is 0 Å². The van der Waals surface area contributed by atoms with E-state index in [0.29, 0.717) is 38.7 Å². The molecule has 0 aliphatic heterocycles.